The third-order valence-electron chi connectivity index (χ3n) is 4.25. The van der Waals surface area contributed by atoms with Crippen LogP contribution in [0.2, 0.25) is 5.02 Å². The molecule has 1 aromatic rings. The summed E-state index contributed by atoms with van der Waals surface area (Å²) in [4.78, 5) is 0. The standard InChI is InChI=1S/C20H20ClF5O2/c1-2-3-4-5-13-6-8-14(9-7-13)20(25,26)28-15-10-16(21)19(17(22)11-15)27-12-18(23)24/h3-4,8,10-13H,2,5-7,9H2,1H3/b4-3-. The number of hydrogen-bond acceptors (Lipinski definition) is 2. The molecular formula is C20H20ClF5O2. The quantitative estimate of drug-likeness (QED) is 0.243. The van der Waals surface area contributed by atoms with Gasteiger partial charge in [-0.25, -0.2) is 4.39 Å². The highest BCUT2D eigenvalue weighted by Gasteiger charge is 2.38. The predicted molar refractivity (Wildman–Crippen MR) is 97.4 cm³/mol. The second-order valence-corrected chi connectivity index (χ2v) is 6.75. The van der Waals surface area contributed by atoms with Crippen molar-refractivity contribution in [1.29, 1.82) is 0 Å². The second kappa shape index (κ2) is 9.96. The number of alkyl halides is 2. The molecule has 0 fully saturated rings. The summed E-state index contributed by atoms with van der Waals surface area (Å²) in [7, 11) is 0. The van der Waals surface area contributed by atoms with Crippen molar-refractivity contribution < 1.29 is 31.4 Å². The van der Waals surface area contributed by atoms with E-state index in [1.807, 2.05) is 13.0 Å². The highest BCUT2D eigenvalue weighted by Crippen LogP contribution is 2.39. The first-order chi connectivity index (χ1) is 13.2. The number of rotatable bonds is 8. The van der Waals surface area contributed by atoms with Crippen LogP contribution >= 0.6 is 11.6 Å². The van der Waals surface area contributed by atoms with Crippen LogP contribution in [-0.4, -0.2) is 6.11 Å². The number of allylic oxidation sites excluding steroid dienone is 3. The number of benzene rings is 1. The zero-order valence-corrected chi connectivity index (χ0v) is 15.9. The third kappa shape index (κ3) is 6.26. The van der Waals surface area contributed by atoms with Crippen LogP contribution in [0.4, 0.5) is 22.0 Å². The van der Waals surface area contributed by atoms with Crippen molar-refractivity contribution in [3.63, 3.8) is 0 Å². The van der Waals surface area contributed by atoms with Crippen LogP contribution in [-0.2, 0) is 0 Å². The van der Waals surface area contributed by atoms with E-state index in [0.29, 0.717) is 24.8 Å². The molecule has 1 aromatic carbocycles. The molecule has 0 aromatic heterocycles. The van der Waals surface area contributed by atoms with Crippen molar-refractivity contribution in [2.75, 3.05) is 0 Å². The lowest BCUT2D eigenvalue weighted by Gasteiger charge is -2.26. The van der Waals surface area contributed by atoms with Gasteiger partial charge in [0, 0.05) is 17.7 Å². The number of ether oxygens (including phenoxy) is 2. The van der Waals surface area contributed by atoms with E-state index in [9.17, 15) is 22.0 Å². The minimum absolute atomic E-state index is 0.00160. The molecule has 28 heavy (non-hydrogen) atoms. The molecule has 154 valence electrons. The molecule has 0 aliphatic heterocycles. The lowest BCUT2D eigenvalue weighted by atomic mass is 9.87. The van der Waals surface area contributed by atoms with E-state index >= 15 is 0 Å². The zero-order chi connectivity index (χ0) is 20.7. The first-order valence-electron chi connectivity index (χ1n) is 8.81. The molecule has 1 aliphatic carbocycles. The fourth-order valence-corrected chi connectivity index (χ4v) is 3.09. The molecular weight excluding hydrogens is 403 g/mol. The molecule has 0 heterocycles. The van der Waals surface area contributed by atoms with E-state index < -0.39 is 34.5 Å². The van der Waals surface area contributed by atoms with Gasteiger partial charge < -0.3 is 9.47 Å². The van der Waals surface area contributed by atoms with Crippen LogP contribution in [0.5, 0.6) is 11.5 Å². The number of hydrogen-bond donors (Lipinski definition) is 0. The van der Waals surface area contributed by atoms with Crippen LogP contribution in [0.3, 0.4) is 0 Å². The van der Waals surface area contributed by atoms with Crippen LogP contribution in [0, 0.1) is 11.7 Å². The zero-order valence-electron chi connectivity index (χ0n) is 15.2. The fraction of sp³-hybridized carbons (Fsp3) is 0.400. The Morgan fingerprint density at radius 2 is 2.04 bits per heavy atom. The van der Waals surface area contributed by atoms with Gasteiger partial charge in [0.15, 0.2) is 17.8 Å². The van der Waals surface area contributed by atoms with Crippen LogP contribution < -0.4 is 9.47 Å². The van der Waals surface area contributed by atoms with Gasteiger partial charge in [-0.3, -0.25) is 0 Å². The average molecular weight is 423 g/mol. The molecule has 0 saturated carbocycles. The molecule has 0 N–H and O–H groups in total. The van der Waals surface area contributed by atoms with Crippen molar-refractivity contribution in [3.8, 4) is 11.5 Å². The molecule has 1 unspecified atom stereocenters. The number of halogens is 6. The first kappa shape index (κ1) is 22.3. The Morgan fingerprint density at radius 3 is 2.61 bits per heavy atom. The first-order valence-corrected chi connectivity index (χ1v) is 9.19. The summed E-state index contributed by atoms with van der Waals surface area (Å²) in [6.45, 7) is 2.02. The minimum atomic E-state index is -3.63. The van der Waals surface area contributed by atoms with E-state index in [2.05, 4.69) is 15.5 Å². The largest absolute Gasteiger partial charge is 0.455 e. The van der Waals surface area contributed by atoms with E-state index in [1.54, 1.807) is 0 Å². The summed E-state index contributed by atoms with van der Waals surface area (Å²) >= 11 is 5.73. The van der Waals surface area contributed by atoms with Crippen molar-refractivity contribution in [3.05, 3.63) is 59.1 Å². The monoisotopic (exact) mass is 422 g/mol. The lowest BCUT2D eigenvalue weighted by molar-refractivity contribution is -0.145. The van der Waals surface area contributed by atoms with Crippen LogP contribution in [0.15, 0.2) is 48.3 Å². The van der Waals surface area contributed by atoms with Crippen molar-refractivity contribution in [2.45, 2.75) is 45.1 Å². The van der Waals surface area contributed by atoms with E-state index in [-0.39, 0.29) is 18.3 Å². The molecule has 1 aliphatic rings. The van der Waals surface area contributed by atoms with Gasteiger partial charge in [-0.2, -0.15) is 17.6 Å². The normalized spacial score (nSPS) is 17.4. The van der Waals surface area contributed by atoms with Gasteiger partial charge >= 0.3 is 12.2 Å². The van der Waals surface area contributed by atoms with Crippen molar-refractivity contribution in [2.24, 2.45) is 5.92 Å². The van der Waals surface area contributed by atoms with Gasteiger partial charge in [0.1, 0.15) is 5.75 Å². The molecule has 0 radical (unpaired) electrons. The lowest BCUT2D eigenvalue weighted by Crippen LogP contribution is -2.29. The summed E-state index contributed by atoms with van der Waals surface area (Å²) < 4.78 is 76.0. The fourth-order valence-electron chi connectivity index (χ4n) is 2.85. The van der Waals surface area contributed by atoms with Gasteiger partial charge in [0.25, 0.3) is 0 Å². The maximum Gasteiger partial charge on any atom is 0.422 e. The molecule has 8 heteroatoms. The van der Waals surface area contributed by atoms with Crippen molar-refractivity contribution in [1.82, 2.24) is 0 Å². The average Bonchev–Trinajstić information content (AvgIpc) is 2.61. The molecule has 0 amide bonds. The highest BCUT2D eigenvalue weighted by molar-refractivity contribution is 6.32. The van der Waals surface area contributed by atoms with Gasteiger partial charge in [-0.1, -0.05) is 36.8 Å². The van der Waals surface area contributed by atoms with Crippen molar-refractivity contribution >= 4 is 11.6 Å². The summed E-state index contributed by atoms with van der Waals surface area (Å²) in [6, 6.07) is 1.50. The Labute approximate surface area is 165 Å². The summed E-state index contributed by atoms with van der Waals surface area (Å²) in [5.74, 6) is -2.13. The minimum Gasteiger partial charge on any atom is -0.455 e. The van der Waals surface area contributed by atoms with Gasteiger partial charge in [-0.15, -0.1) is 0 Å². The summed E-state index contributed by atoms with van der Waals surface area (Å²) in [6.07, 6.45) is 2.75. The smallest absolute Gasteiger partial charge is 0.422 e. The Bertz CT molecular complexity index is 747. The molecule has 0 spiro atoms. The van der Waals surface area contributed by atoms with E-state index in [0.717, 1.165) is 18.9 Å². The molecule has 0 saturated heterocycles. The van der Waals surface area contributed by atoms with E-state index in [1.165, 1.54) is 6.08 Å². The van der Waals surface area contributed by atoms with Crippen LogP contribution in [0.25, 0.3) is 0 Å². The van der Waals surface area contributed by atoms with E-state index in [4.69, 9.17) is 11.6 Å². The molecule has 1 atom stereocenters. The molecule has 2 rings (SSSR count). The Balaban J connectivity index is 2.07. The van der Waals surface area contributed by atoms with Crippen LogP contribution in [0.1, 0.15) is 39.0 Å². The molecule has 0 bridgehead atoms. The van der Waals surface area contributed by atoms with Gasteiger partial charge in [-0.05, 0) is 38.0 Å². The van der Waals surface area contributed by atoms with Gasteiger partial charge in [0.05, 0.1) is 5.02 Å². The van der Waals surface area contributed by atoms with Gasteiger partial charge in [0.2, 0.25) is 0 Å². The summed E-state index contributed by atoms with van der Waals surface area (Å²) in [5, 5.41) is -0.469. The Kier molecular flexibility index (Phi) is 7.92. The summed E-state index contributed by atoms with van der Waals surface area (Å²) in [5.41, 5.74) is -0.178. The SMILES string of the molecule is CC/C=C\CC1CC=C(C(F)(F)Oc2cc(F)c(OC=C(F)F)c(Cl)c2)CC1. The predicted octanol–water partition coefficient (Wildman–Crippen LogP) is 7.65. The second-order valence-electron chi connectivity index (χ2n) is 6.35. The maximum atomic E-state index is 14.4. The third-order valence-corrected chi connectivity index (χ3v) is 4.53. The molecule has 2 nitrogen and oxygen atoms in total. The highest BCUT2D eigenvalue weighted by atomic mass is 35.5. The Hall–Kier alpha value is -2.02. The Morgan fingerprint density at radius 1 is 1.29 bits per heavy atom. The topological polar surface area (TPSA) is 18.5 Å². The maximum absolute atomic E-state index is 14.4.